The lowest BCUT2D eigenvalue weighted by atomic mass is 10.0. The Morgan fingerprint density at radius 1 is 1.15 bits per heavy atom. The Bertz CT molecular complexity index is 612. The van der Waals surface area contributed by atoms with Gasteiger partial charge >= 0.3 is 5.97 Å². The van der Waals surface area contributed by atoms with Gasteiger partial charge in [0.15, 0.2) is 9.84 Å². The summed E-state index contributed by atoms with van der Waals surface area (Å²) in [6, 6.07) is -1.05. The predicted octanol–water partition coefficient (Wildman–Crippen LogP) is -0.300. The molecule has 10 heteroatoms. The van der Waals surface area contributed by atoms with Crippen LogP contribution in [0.5, 0.6) is 0 Å². The van der Waals surface area contributed by atoms with Gasteiger partial charge in [0.1, 0.15) is 11.3 Å². The molecular weight excluding hydrogens is 364 g/mol. The number of aliphatic carboxylic acids is 1. The number of hydrogen-bond acceptors (Lipinski definition) is 6. The molecule has 0 aliphatic carbocycles. The molecule has 0 aromatic carbocycles. The van der Waals surface area contributed by atoms with Crippen LogP contribution in [0.1, 0.15) is 40.0 Å². The zero-order valence-corrected chi connectivity index (χ0v) is 16.2. The summed E-state index contributed by atoms with van der Waals surface area (Å²) >= 11 is 0. The lowest BCUT2D eigenvalue weighted by molar-refractivity contribution is -0.142. The van der Waals surface area contributed by atoms with Gasteiger partial charge in [-0.15, -0.1) is 0 Å². The third-order valence-electron chi connectivity index (χ3n) is 4.26. The van der Waals surface area contributed by atoms with E-state index in [-0.39, 0.29) is 12.3 Å². The molecule has 1 aliphatic rings. The molecule has 0 aromatic heterocycles. The molecule has 1 heterocycles. The third-order valence-corrected chi connectivity index (χ3v) is 6.86. The molecule has 0 bridgehead atoms. The summed E-state index contributed by atoms with van der Waals surface area (Å²) in [5.74, 6) is -2.55. The first-order valence-corrected chi connectivity index (χ1v) is 10.3. The minimum atomic E-state index is -3.68. The van der Waals surface area contributed by atoms with Gasteiger partial charge in [0.2, 0.25) is 11.8 Å². The maximum absolute atomic E-state index is 12.5. The number of carboxylic acids is 1. The first kappa shape index (κ1) is 22.4. The summed E-state index contributed by atoms with van der Waals surface area (Å²) in [5, 5.41) is 11.8. The molecule has 0 radical (unpaired) electrons. The molecule has 150 valence electrons. The Hall–Kier alpha value is -1.68. The number of carboxylic acid groups (broad SMARTS) is 1. The van der Waals surface area contributed by atoms with Crippen molar-refractivity contribution in [3.8, 4) is 0 Å². The summed E-state index contributed by atoms with van der Waals surface area (Å²) in [6.45, 7) is 5.14. The number of carbonyl (C=O) groups excluding carboxylic acids is 2. The largest absolute Gasteiger partial charge is 0.480 e. The standard InChI is InChI=1S/C16H28N2O7S/c1-10(2)8-13(16(21)22)18-14(19)9-17-15(20)11(3)26(23,24)12-4-6-25-7-5-12/h10-13H,4-9H2,1-3H3,(H,17,20)(H,18,19)(H,21,22)/t11?,13-/m0/s1. The van der Waals surface area contributed by atoms with Crippen molar-refractivity contribution in [3.63, 3.8) is 0 Å². The van der Waals surface area contributed by atoms with Crippen LogP contribution in [0.2, 0.25) is 0 Å². The number of nitrogens with one attached hydrogen (secondary N) is 2. The fourth-order valence-electron chi connectivity index (χ4n) is 2.69. The number of carbonyl (C=O) groups is 3. The van der Waals surface area contributed by atoms with Crippen LogP contribution in [0.25, 0.3) is 0 Å². The van der Waals surface area contributed by atoms with Crippen LogP contribution < -0.4 is 10.6 Å². The fourth-order valence-corrected chi connectivity index (χ4v) is 4.50. The van der Waals surface area contributed by atoms with Gasteiger partial charge in [-0.05, 0) is 32.1 Å². The number of sulfone groups is 1. The van der Waals surface area contributed by atoms with Gasteiger partial charge < -0.3 is 20.5 Å². The van der Waals surface area contributed by atoms with Crippen LogP contribution in [0.15, 0.2) is 0 Å². The Kier molecular flexibility index (Phi) is 8.48. The number of rotatable bonds is 9. The summed E-state index contributed by atoms with van der Waals surface area (Å²) in [7, 11) is -3.68. The molecule has 9 nitrogen and oxygen atoms in total. The van der Waals surface area contributed by atoms with Crippen molar-refractivity contribution < 1.29 is 32.6 Å². The van der Waals surface area contributed by atoms with Crippen molar-refractivity contribution in [1.29, 1.82) is 0 Å². The van der Waals surface area contributed by atoms with Crippen molar-refractivity contribution >= 4 is 27.6 Å². The van der Waals surface area contributed by atoms with E-state index in [2.05, 4.69) is 10.6 Å². The smallest absolute Gasteiger partial charge is 0.326 e. The van der Waals surface area contributed by atoms with Gasteiger partial charge in [-0.3, -0.25) is 9.59 Å². The minimum Gasteiger partial charge on any atom is -0.480 e. The predicted molar refractivity (Wildman–Crippen MR) is 94.3 cm³/mol. The second-order valence-electron chi connectivity index (χ2n) is 6.85. The van der Waals surface area contributed by atoms with Gasteiger partial charge in [-0.1, -0.05) is 13.8 Å². The van der Waals surface area contributed by atoms with E-state index in [0.29, 0.717) is 26.1 Å². The lowest BCUT2D eigenvalue weighted by Crippen LogP contribution is -2.49. The zero-order valence-electron chi connectivity index (χ0n) is 15.4. The van der Waals surface area contributed by atoms with Crippen LogP contribution in [-0.2, 0) is 29.0 Å². The van der Waals surface area contributed by atoms with E-state index in [4.69, 9.17) is 9.84 Å². The first-order chi connectivity index (χ1) is 12.1. The Labute approximate surface area is 153 Å². The number of amides is 2. The first-order valence-electron chi connectivity index (χ1n) is 8.66. The highest BCUT2D eigenvalue weighted by Gasteiger charge is 2.36. The normalized spacial score (nSPS) is 18.2. The highest BCUT2D eigenvalue weighted by Crippen LogP contribution is 2.20. The van der Waals surface area contributed by atoms with Crippen molar-refractivity contribution in [2.24, 2.45) is 5.92 Å². The molecule has 2 amide bonds. The average Bonchev–Trinajstić information content (AvgIpc) is 2.58. The maximum atomic E-state index is 12.5. The molecule has 1 saturated heterocycles. The van der Waals surface area contributed by atoms with E-state index in [0.717, 1.165) is 0 Å². The molecular formula is C16H28N2O7S. The second-order valence-corrected chi connectivity index (χ2v) is 9.40. The van der Waals surface area contributed by atoms with Crippen LogP contribution >= 0.6 is 0 Å². The molecule has 2 atom stereocenters. The van der Waals surface area contributed by atoms with Crippen LogP contribution in [0.3, 0.4) is 0 Å². The monoisotopic (exact) mass is 392 g/mol. The minimum absolute atomic E-state index is 0.0654. The molecule has 0 spiro atoms. The molecule has 0 saturated carbocycles. The SMILES string of the molecule is CC(C)C[C@H](NC(=O)CNC(=O)C(C)S(=O)(=O)C1CCOCC1)C(=O)O. The van der Waals surface area contributed by atoms with Crippen LogP contribution in [0, 0.1) is 5.92 Å². The third kappa shape index (κ3) is 6.56. The Morgan fingerprint density at radius 3 is 2.23 bits per heavy atom. The molecule has 1 aliphatic heterocycles. The molecule has 1 rings (SSSR count). The lowest BCUT2D eigenvalue weighted by Gasteiger charge is -2.25. The zero-order chi connectivity index (χ0) is 19.9. The quantitative estimate of drug-likeness (QED) is 0.489. The Morgan fingerprint density at radius 2 is 1.73 bits per heavy atom. The van der Waals surface area contributed by atoms with Crippen LogP contribution in [-0.4, -0.2) is 67.6 Å². The molecule has 26 heavy (non-hydrogen) atoms. The van der Waals surface area contributed by atoms with Gasteiger partial charge in [-0.2, -0.15) is 0 Å². The van der Waals surface area contributed by atoms with Crippen molar-refractivity contribution in [2.45, 2.75) is 56.6 Å². The summed E-state index contributed by atoms with van der Waals surface area (Å²) < 4.78 is 30.1. The van der Waals surface area contributed by atoms with Crippen molar-refractivity contribution in [1.82, 2.24) is 10.6 Å². The van der Waals surface area contributed by atoms with E-state index in [1.807, 2.05) is 13.8 Å². The highest BCUT2D eigenvalue weighted by molar-refractivity contribution is 7.93. The van der Waals surface area contributed by atoms with Gasteiger partial charge in [0.25, 0.3) is 0 Å². The van der Waals surface area contributed by atoms with Gasteiger partial charge in [0, 0.05) is 13.2 Å². The average molecular weight is 392 g/mol. The van der Waals surface area contributed by atoms with Crippen LogP contribution in [0.4, 0.5) is 0 Å². The highest BCUT2D eigenvalue weighted by atomic mass is 32.2. The topological polar surface area (TPSA) is 139 Å². The number of ether oxygens (including phenoxy) is 1. The summed E-state index contributed by atoms with van der Waals surface area (Å²) in [6.07, 6.45) is 0.940. The molecule has 1 unspecified atom stereocenters. The van der Waals surface area contributed by atoms with Gasteiger partial charge in [-0.25, -0.2) is 13.2 Å². The fraction of sp³-hybridized carbons (Fsp3) is 0.812. The summed E-state index contributed by atoms with van der Waals surface area (Å²) in [5.41, 5.74) is 0. The van der Waals surface area contributed by atoms with Crippen molar-refractivity contribution in [3.05, 3.63) is 0 Å². The van der Waals surface area contributed by atoms with Crippen molar-refractivity contribution in [2.75, 3.05) is 19.8 Å². The Balaban J connectivity index is 2.56. The number of hydrogen-bond donors (Lipinski definition) is 3. The van der Waals surface area contributed by atoms with Gasteiger partial charge in [0.05, 0.1) is 11.8 Å². The van der Waals surface area contributed by atoms with E-state index in [9.17, 15) is 22.8 Å². The second kappa shape index (κ2) is 9.86. The molecule has 0 aromatic rings. The summed E-state index contributed by atoms with van der Waals surface area (Å²) in [4.78, 5) is 35.1. The molecule has 1 fully saturated rings. The van der Waals surface area contributed by atoms with E-state index < -0.39 is 50.7 Å². The van der Waals surface area contributed by atoms with E-state index in [1.54, 1.807) is 0 Å². The maximum Gasteiger partial charge on any atom is 0.326 e. The molecule has 3 N–H and O–H groups in total. The van der Waals surface area contributed by atoms with E-state index in [1.165, 1.54) is 6.92 Å². The van der Waals surface area contributed by atoms with E-state index >= 15 is 0 Å².